The summed E-state index contributed by atoms with van der Waals surface area (Å²) in [5, 5.41) is 0.561. The molecular formula is C16H13ClN2O2. The van der Waals surface area contributed by atoms with Crippen LogP contribution in [0.5, 0.6) is 0 Å². The number of pyridine rings is 1. The van der Waals surface area contributed by atoms with E-state index in [1.807, 2.05) is 25.1 Å². The Bertz CT molecular complexity index is 811. The second-order valence-electron chi connectivity index (χ2n) is 4.69. The van der Waals surface area contributed by atoms with Gasteiger partial charge in [0, 0.05) is 6.42 Å². The zero-order chi connectivity index (χ0) is 14.8. The van der Waals surface area contributed by atoms with Crippen molar-refractivity contribution in [3.63, 3.8) is 0 Å². The number of ketones is 1. The van der Waals surface area contributed by atoms with Crippen LogP contribution in [0.15, 0.2) is 40.8 Å². The molecule has 21 heavy (non-hydrogen) atoms. The number of carbonyl (C=O) groups excluding carboxylic acids is 1. The number of aromatic nitrogens is 2. The maximum atomic E-state index is 11.9. The van der Waals surface area contributed by atoms with Crippen LogP contribution in [-0.4, -0.2) is 15.8 Å². The highest BCUT2D eigenvalue weighted by molar-refractivity contribution is 6.33. The van der Waals surface area contributed by atoms with Crippen LogP contribution in [0.3, 0.4) is 0 Å². The Morgan fingerprint density at radius 3 is 2.76 bits per heavy atom. The minimum atomic E-state index is 0.0155. The number of rotatable bonds is 4. The van der Waals surface area contributed by atoms with Crippen LogP contribution < -0.4 is 0 Å². The number of Topliss-reactive ketones (excluding diaryl/α,β-unsaturated/α-hetero) is 1. The molecule has 1 aromatic carbocycles. The molecule has 0 spiro atoms. The molecule has 2 heterocycles. The number of benzene rings is 1. The van der Waals surface area contributed by atoms with Gasteiger partial charge < -0.3 is 4.42 Å². The van der Waals surface area contributed by atoms with Crippen molar-refractivity contribution in [1.82, 2.24) is 9.97 Å². The summed E-state index contributed by atoms with van der Waals surface area (Å²) in [6.07, 6.45) is 1.27. The zero-order valence-corrected chi connectivity index (χ0v) is 12.2. The van der Waals surface area contributed by atoms with Gasteiger partial charge in [0.2, 0.25) is 5.89 Å². The molecule has 0 atom stereocenters. The summed E-state index contributed by atoms with van der Waals surface area (Å²) < 4.78 is 5.66. The topological polar surface area (TPSA) is 56.0 Å². The molecule has 0 fully saturated rings. The molecule has 0 amide bonds. The molecule has 106 valence electrons. The summed E-state index contributed by atoms with van der Waals surface area (Å²) in [7, 11) is 0. The normalized spacial score (nSPS) is 11.0. The fourth-order valence-corrected chi connectivity index (χ4v) is 2.30. The summed E-state index contributed by atoms with van der Waals surface area (Å²) in [4.78, 5) is 20.5. The molecule has 5 heteroatoms. The number of halogens is 1. The van der Waals surface area contributed by atoms with Gasteiger partial charge in [-0.2, -0.15) is 4.98 Å². The van der Waals surface area contributed by atoms with E-state index in [1.165, 1.54) is 0 Å². The van der Waals surface area contributed by atoms with Gasteiger partial charge in [-0.25, -0.2) is 4.98 Å². The monoisotopic (exact) mass is 300 g/mol. The van der Waals surface area contributed by atoms with Crippen molar-refractivity contribution in [2.45, 2.75) is 19.8 Å². The first kappa shape index (κ1) is 13.8. The average molecular weight is 301 g/mol. The van der Waals surface area contributed by atoms with Crippen LogP contribution in [-0.2, 0) is 0 Å². The van der Waals surface area contributed by atoms with Crippen molar-refractivity contribution in [3.8, 4) is 11.5 Å². The lowest BCUT2D eigenvalue weighted by Gasteiger charge is -1.96. The molecule has 3 rings (SSSR count). The maximum absolute atomic E-state index is 11.9. The Morgan fingerprint density at radius 1 is 1.19 bits per heavy atom. The van der Waals surface area contributed by atoms with Crippen molar-refractivity contribution < 1.29 is 9.21 Å². The smallest absolute Gasteiger partial charge is 0.230 e. The van der Waals surface area contributed by atoms with Crippen molar-refractivity contribution in [1.29, 1.82) is 0 Å². The first-order valence-electron chi connectivity index (χ1n) is 6.74. The molecule has 0 aliphatic heterocycles. The van der Waals surface area contributed by atoms with Crippen LogP contribution in [0.25, 0.3) is 22.7 Å². The highest BCUT2D eigenvalue weighted by Gasteiger charge is 2.14. The van der Waals surface area contributed by atoms with Gasteiger partial charge in [0.15, 0.2) is 17.0 Å². The van der Waals surface area contributed by atoms with E-state index < -0.39 is 0 Å². The second-order valence-corrected chi connectivity index (χ2v) is 5.10. The number of nitrogens with zero attached hydrogens (tertiary/aromatic N) is 2. The van der Waals surface area contributed by atoms with Crippen molar-refractivity contribution >= 4 is 28.6 Å². The fraction of sp³-hybridized carbons (Fsp3) is 0.188. The van der Waals surface area contributed by atoms with E-state index >= 15 is 0 Å². The lowest BCUT2D eigenvalue weighted by atomic mass is 10.1. The van der Waals surface area contributed by atoms with E-state index in [2.05, 4.69) is 9.97 Å². The Kier molecular flexibility index (Phi) is 3.71. The van der Waals surface area contributed by atoms with Gasteiger partial charge >= 0.3 is 0 Å². The van der Waals surface area contributed by atoms with E-state index in [9.17, 15) is 4.79 Å². The summed E-state index contributed by atoms with van der Waals surface area (Å²) in [5.41, 5.74) is 2.09. The van der Waals surface area contributed by atoms with E-state index in [1.54, 1.807) is 18.2 Å². The molecule has 0 bridgehead atoms. The summed E-state index contributed by atoms with van der Waals surface area (Å²) >= 11 is 6.13. The number of oxazole rings is 1. The van der Waals surface area contributed by atoms with Gasteiger partial charge in [-0.05, 0) is 30.7 Å². The minimum absolute atomic E-state index is 0.0155. The number of hydrogen-bond acceptors (Lipinski definition) is 4. The molecule has 0 N–H and O–H groups in total. The quantitative estimate of drug-likeness (QED) is 0.664. The van der Waals surface area contributed by atoms with E-state index in [-0.39, 0.29) is 5.78 Å². The predicted octanol–water partition coefficient (Wildman–Crippen LogP) is 4.53. The Hall–Kier alpha value is -2.20. The third kappa shape index (κ3) is 2.67. The van der Waals surface area contributed by atoms with Gasteiger partial charge in [0.25, 0.3) is 0 Å². The first-order chi connectivity index (χ1) is 10.2. The van der Waals surface area contributed by atoms with Gasteiger partial charge in [-0.3, -0.25) is 4.79 Å². The van der Waals surface area contributed by atoms with Gasteiger partial charge in [0.1, 0.15) is 5.69 Å². The second kappa shape index (κ2) is 5.66. The van der Waals surface area contributed by atoms with Gasteiger partial charge in [-0.15, -0.1) is 0 Å². The molecule has 0 saturated carbocycles. The molecule has 0 aliphatic rings. The van der Waals surface area contributed by atoms with E-state index in [4.69, 9.17) is 16.0 Å². The molecule has 2 aromatic heterocycles. The highest BCUT2D eigenvalue weighted by Crippen LogP contribution is 2.29. The number of carbonyl (C=O) groups is 1. The lowest BCUT2D eigenvalue weighted by molar-refractivity contribution is 0.0977. The van der Waals surface area contributed by atoms with Crippen LogP contribution in [0.2, 0.25) is 5.02 Å². The molecule has 0 aliphatic carbocycles. The standard InChI is InChI=1S/C16H13ClN2O2/c1-2-5-13(20)12-8-9-14-15(18-12)19-16(21-14)10-6-3-4-7-11(10)17/h3-4,6-9H,2,5H2,1H3. The average Bonchev–Trinajstić information content (AvgIpc) is 2.90. The van der Waals surface area contributed by atoms with Crippen molar-refractivity contribution in [2.24, 2.45) is 0 Å². The Labute approximate surface area is 126 Å². The molecule has 4 nitrogen and oxygen atoms in total. The Morgan fingerprint density at radius 2 is 2.00 bits per heavy atom. The Balaban J connectivity index is 2.05. The van der Waals surface area contributed by atoms with E-state index in [0.717, 1.165) is 6.42 Å². The molecular weight excluding hydrogens is 288 g/mol. The van der Waals surface area contributed by atoms with Crippen LogP contribution in [0.1, 0.15) is 30.3 Å². The number of hydrogen-bond donors (Lipinski definition) is 0. The highest BCUT2D eigenvalue weighted by atomic mass is 35.5. The van der Waals surface area contributed by atoms with E-state index in [0.29, 0.717) is 39.8 Å². The molecule has 0 radical (unpaired) electrons. The number of fused-ring (bicyclic) bond motifs is 1. The molecule has 3 aromatic rings. The zero-order valence-electron chi connectivity index (χ0n) is 11.5. The summed E-state index contributed by atoms with van der Waals surface area (Å²) in [5.74, 6) is 0.421. The third-order valence-corrected chi connectivity index (χ3v) is 3.45. The maximum Gasteiger partial charge on any atom is 0.230 e. The van der Waals surface area contributed by atoms with Crippen molar-refractivity contribution in [3.05, 3.63) is 47.1 Å². The summed E-state index contributed by atoms with van der Waals surface area (Å²) in [6.45, 7) is 1.96. The molecule has 0 saturated heterocycles. The van der Waals surface area contributed by atoms with Crippen molar-refractivity contribution in [2.75, 3.05) is 0 Å². The largest absolute Gasteiger partial charge is 0.434 e. The van der Waals surface area contributed by atoms with Crippen LogP contribution in [0.4, 0.5) is 0 Å². The van der Waals surface area contributed by atoms with Gasteiger partial charge in [-0.1, -0.05) is 30.7 Å². The fourth-order valence-electron chi connectivity index (χ4n) is 2.08. The van der Waals surface area contributed by atoms with Gasteiger partial charge in [0.05, 0.1) is 10.6 Å². The minimum Gasteiger partial charge on any atom is -0.434 e. The predicted molar refractivity (Wildman–Crippen MR) is 81.5 cm³/mol. The summed E-state index contributed by atoms with van der Waals surface area (Å²) in [6, 6.07) is 10.7. The SMILES string of the molecule is CCCC(=O)c1ccc2oc(-c3ccccc3Cl)nc2n1. The van der Waals surface area contributed by atoms with Crippen LogP contribution >= 0.6 is 11.6 Å². The lowest BCUT2D eigenvalue weighted by Crippen LogP contribution is -2.01. The van der Waals surface area contributed by atoms with Crippen LogP contribution in [0, 0.1) is 0 Å². The third-order valence-electron chi connectivity index (χ3n) is 3.12. The first-order valence-corrected chi connectivity index (χ1v) is 7.12. The molecule has 0 unspecified atom stereocenters.